The molecule has 2 N–H and O–H groups in total. The quantitative estimate of drug-likeness (QED) is 0.442. The van der Waals surface area contributed by atoms with Crippen molar-refractivity contribution in [3.63, 3.8) is 0 Å². The first-order valence-electron chi connectivity index (χ1n) is 9.25. The van der Waals surface area contributed by atoms with Gasteiger partial charge in [-0.05, 0) is 47.5 Å². The van der Waals surface area contributed by atoms with Crippen molar-refractivity contribution >= 4 is 22.8 Å². The van der Waals surface area contributed by atoms with Gasteiger partial charge in [0.2, 0.25) is 0 Å². The van der Waals surface area contributed by atoms with Gasteiger partial charge in [0, 0.05) is 18.1 Å². The van der Waals surface area contributed by atoms with Crippen LogP contribution in [0, 0.1) is 0 Å². The van der Waals surface area contributed by atoms with Gasteiger partial charge >= 0.3 is 0 Å². The van der Waals surface area contributed by atoms with Crippen molar-refractivity contribution in [3.8, 4) is 5.75 Å². The fraction of sp³-hybridized carbons (Fsp3) is 0.0435. The largest absolute Gasteiger partial charge is 0.508 e. The van der Waals surface area contributed by atoms with Gasteiger partial charge in [-0.25, -0.2) is 4.98 Å². The number of hydrogen-bond donors (Lipinski definition) is 2. The zero-order valence-corrected chi connectivity index (χ0v) is 15.4. The maximum Gasteiger partial charge on any atom is 0.300 e. The third-order valence-corrected chi connectivity index (χ3v) is 4.80. The van der Waals surface area contributed by atoms with Crippen molar-refractivity contribution in [2.24, 2.45) is 0 Å². The van der Waals surface area contributed by atoms with Crippen LogP contribution in [0.5, 0.6) is 5.75 Å². The van der Waals surface area contributed by atoms with E-state index in [1.165, 1.54) is 0 Å². The number of rotatable bonds is 5. The van der Waals surface area contributed by atoms with Crippen molar-refractivity contribution in [2.45, 2.75) is 6.04 Å². The van der Waals surface area contributed by atoms with E-state index in [9.17, 15) is 5.11 Å². The molecule has 3 aromatic carbocycles. The highest BCUT2D eigenvalue weighted by molar-refractivity contribution is 5.75. The summed E-state index contributed by atoms with van der Waals surface area (Å²) in [7, 11) is 0. The van der Waals surface area contributed by atoms with E-state index in [4.69, 9.17) is 4.42 Å². The number of phenolic OH excluding ortho intramolecular Hbond substituents is 1. The highest BCUT2D eigenvalue weighted by atomic mass is 16.4. The van der Waals surface area contributed by atoms with E-state index in [2.05, 4.69) is 27.4 Å². The summed E-state index contributed by atoms with van der Waals surface area (Å²) in [5.74, 6) is 0.246. The van der Waals surface area contributed by atoms with E-state index in [1.54, 1.807) is 24.7 Å². The van der Waals surface area contributed by atoms with Crippen molar-refractivity contribution < 1.29 is 9.52 Å². The van der Waals surface area contributed by atoms with Crippen LogP contribution in [0.1, 0.15) is 17.2 Å². The molecule has 6 nitrogen and oxygen atoms in total. The van der Waals surface area contributed by atoms with Crippen LogP contribution in [0.3, 0.4) is 0 Å². The highest BCUT2D eigenvalue weighted by Crippen LogP contribution is 2.29. The van der Waals surface area contributed by atoms with Crippen LogP contribution in [0.4, 0.5) is 11.7 Å². The first-order chi connectivity index (χ1) is 14.3. The van der Waals surface area contributed by atoms with E-state index in [-0.39, 0.29) is 11.8 Å². The summed E-state index contributed by atoms with van der Waals surface area (Å²) in [6.45, 7) is 0. The second kappa shape index (κ2) is 7.16. The molecule has 0 spiro atoms. The minimum atomic E-state index is -0.0449. The molecule has 0 radical (unpaired) electrons. The number of hydrogen-bond acceptors (Lipinski definition) is 5. The van der Waals surface area contributed by atoms with Crippen LogP contribution in [-0.2, 0) is 0 Å². The Morgan fingerprint density at radius 3 is 2.31 bits per heavy atom. The smallest absolute Gasteiger partial charge is 0.300 e. The fourth-order valence-electron chi connectivity index (χ4n) is 3.41. The zero-order valence-electron chi connectivity index (χ0n) is 15.4. The van der Waals surface area contributed by atoms with E-state index in [0.29, 0.717) is 6.01 Å². The molecule has 0 saturated heterocycles. The molecule has 5 aromatic rings. The average molecular weight is 382 g/mol. The Morgan fingerprint density at radius 1 is 0.897 bits per heavy atom. The zero-order chi connectivity index (χ0) is 19.6. The molecule has 29 heavy (non-hydrogen) atoms. The molecule has 1 atom stereocenters. The Kier molecular flexibility index (Phi) is 4.22. The summed E-state index contributed by atoms with van der Waals surface area (Å²) >= 11 is 0. The molecule has 0 fully saturated rings. The molecular formula is C23H18N4O2. The second-order valence-electron chi connectivity index (χ2n) is 6.74. The third-order valence-electron chi connectivity index (χ3n) is 4.80. The lowest BCUT2D eigenvalue weighted by atomic mass is 9.98. The lowest BCUT2D eigenvalue weighted by Gasteiger charge is -2.20. The van der Waals surface area contributed by atoms with Gasteiger partial charge in [0.25, 0.3) is 6.01 Å². The number of oxazole rings is 1. The molecule has 6 heteroatoms. The Morgan fingerprint density at radius 2 is 1.62 bits per heavy atom. The number of imidazole rings is 1. The number of aromatic hydroxyl groups is 1. The van der Waals surface area contributed by atoms with E-state index >= 15 is 0 Å². The highest BCUT2D eigenvalue weighted by Gasteiger charge is 2.16. The predicted octanol–water partition coefficient (Wildman–Crippen LogP) is 5.11. The monoisotopic (exact) mass is 382 g/mol. The van der Waals surface area contributed by atoms with E-state index in [1.807, 2.05) is 59.3 Å². The van der Waals surface area contributed by atoms with Gasteiger partial charge < -0.3 is 19.4 Å². The third kappa shape index (κ3) is 3.43. The van der Waals surface area contributed by atoms with Crippen LogP contribution in [0.2, 0.25) is 0 Å². The summed E-state index contributed by atoms with van der Waals surface area (Å²) in [6.07, 6.45) is 5.49. The number of anilines is 2. The van der Waals surface area contributed by atoms with Gasteiger partial charge in [-0.2, -0.15) is 4.98 Å². The van der Waals surface area contributed by atoms with E-state index in [0.717, 1.165) is 27.9 Å². The van der Waals surface area contributed by atoms with Crippen molar-refractivity contribution in [3.05, 3.63) is 103 Å². The Hall–Kier alpha value is -4.06. The summed E-state index contributed by atoms with van der Waals surface area (Å²) in [5.41, 5.74) is 4.60. The van der Waals surface area contributed by atoms with Crippen LogP contribution in [0.15, 0.2) is 95.9 Å². The van der Waals surface area contributed by atoms with Crippen molar-refractivity contribution in [1.29, 1.82) is 0 Å². The molecule has 1 unspecified atom stereocenters. The van der Waals surface area contributed by atoms with Crippen LogP contribution >= 0.6 is 0 Å². The number of fused-ring (bicyclic) bond motifs is 1. The van der Waals surface area contributed by atoms with Gasteiger partial charge in [-0.15, -0.1) is 0 Å². The molecule has 0 aliphatic heterocycles. The summed E-state index contributed by atoms with van der Waals surface area (Å²) in [4.78, 5) is 8.63. The molecule has 142 valence electrons. The Labute approximate surface area is 167 Å². The minimum absolute atomic E-state index is 0.0449. The second-order valence-corrected chi connectivity index (χ2v) is 6.74. The molecule has 0 amide bonds. The lowest BCUT2D eigenvalue weighted by molar-refractivity contribution is 0.474. The predicted molar refractivity (Wildman–Crippen MR) is 111 cm³/mol. The SMILES string of the molecule is Oc1ccc(C(c2ccc(Nc3nc4ccccc4o3)cc2)n2ccnc2)cc1. The number of nitrogens with one attached hydrogen (secondary N) is 1. The van der Waals surface area contributed by atoms with Gasteiger partial charge in [0.05, 0.1) is 12.4 Å². The maximum absolute atomic E-state index is 9.63. The molecule has 0 bridgehead atoms. The molecule has 2 heterocycles. The molecule has 5 rings (SSSR count). The normalized spacial score (nSPS) is 12.1. The molecule has 0 saturated carbocycles. The minimum Gasteiger partial charge on any atom is -0.508 e. The van der Waals surface area contributed by atoms with Crippen LogP contribution in [0.25, 0.3) is 11.1 Å². The fourth-order valence-corrected chi connectivity index (χ4v) is 3.41. The first-order valence-corrected chi connectivity index (χ1v) is 9.25. The standard InChI is InChI=1S/C23H18N4O2/c28-19-11-7-17(8-12-19)22(27-14-13-24-15-27)16-5-9-18(10-6-16)25-23-26-20-3-1-2-4-21(20)29-23/h1-15,22,28H,(H,25,26). The average Bonchev–Trinajstić information content (AvgIpc) is 3.40. The Balaban J connectivity index is 1.44. The number of phenols is 1. The van der Waals surface area contributed by atoms with E-state index < -0.39 is 0 Å². The van der Waals surface area contributed by atoms with Crippen LogP contribution < -0.4 is 5.32 Å². The number of benzene rings is 3. The number of nitrogens with zero attached hydrogens (tertiary/aromatic N) is 3. The summed E-state index contributed by atoms with van der Waals surface area (Å²) < 4.78 is 7.77. The van der Waals surface area contributed by atoms with Gasteiger partial charge in [0.15, 0.2) is 5.58 Å². The number of para-hydroxylation sites is 2. The summed E-state index contributed by atoms with van der Waals surface area (Å²) in [5, 5.41) is 12.8. The Bertz CT molecular complexity index is 1190. The molecule has 0 aliphatic rings. The van der Waals surface area contributed by atoms with Crippen LogP contribution in [-0.4, -0.2) is 19.6 Å². The summed E-state index contributed by atoms with van der Waals surface area (Å²) in [6, 6.07) is 23.4. The van der Waals surface area contributed by atoms with Gasteiger partial charge in [0.1, 0.15) is 11.3 Å². The first kappa shape index (κ1) is 17.1. The van der Waals surface area contributed by atoms with Crippen molar-refractivity contribution in [2.75, 3.05) is 5.32 Å². The van der Waals surface area contributed by atoms with Gasteiger partial charge in [-0.1, -0.05) is 36.4 Å². The maximum atomic E-state index is 9.63. The van der Waals surface area contributed by atoms with Crippen molar-refractivity contribution in [1.82, 2.24) is 14.5 Å². The molecular weight excluding hydrogens is 364 g/mol. The molecule has 0 aliphatic carbocycles. The lowest BCUT2D eigenvalue weighted by Crippen LogP contribution is -2.10. The topological polar surface area (TPSA) is 76.1 Å². The molecule has 2 aromatic heterocycles. The van der Waals surface area contributed by atoms with Gasteiger partial charge in [-0.3, -0.25) is 0 Å². The number of aromatic nitrogens is 3.